The number of nitrogens with two attached hydrogens (primary N) is 1. The highest BCUT2D eigenvalue weighted by atomic mass is 35.5. The van der Waals surface area contributed by atoms with Gasteiger partial charge in [0, 0.05) is 5.69 Å². The smallest absolute Gasteiger partial charge is 0.277 e. The zero-order valence-corrected chi connectivity index (χ0v) is 15.1. The molecule has 3 rings (SSSR count). The van der Waals surface area contributed by atoms with E-state index in [0.29, 0.717) is 16.3 Å². The Kier molecular flexibility index (Phi) is 4.77. The largest absolute Gasteiger partial charge is 0.321 e. The molecular weight excluding hydrogens is 378 g/mol. The lowest BCUT2D eigenvalue weighted by atomic mass is 10.2. The minimum atomic E-state index is -3.89. The predicted octanol–water partition coefficient (Wildman–Crippen LogP) is 2.13. The molecule has 0 spiro atoms. The number of amides is 1. The lowest BCUT2D eigenvalue weighted by Gasteiger charge is -2.07. The zero-order valence-electron chi connectivity index (χ0n) is 13.5. The van der Waals surface area contributed by atoms with Gasteiger partial charge in [0.2, 0.25) is 10.0 Å². The van der Waals surface area contributed by atoms with Crippen molar-refractivity contribution in [1.82, 2.24) is 15.0 Å². The van der Waals surface area contributed by atoms with Gasteiger partial charge in [-0.3, -0.25) is 4.79 Å². The summed E-state index contributed by atoms with van der Waals surface area (Å²) in [6.07, 6.45) is 1.42. The van der Waals surface area contributed by atoms with Gasteiger partial charge < -0.3 is 5.32 Å². The molecule has 26 heavy (non-hydrogen) atoms. The second kappa shape index (κ2) is 6.87. The Balaban J connectivity index is 1.85. The number of hydrogen-bond donors (Lipinski definition) is 2. The molecule has 0 radical (unpaired) electrons. The number of sulfonamides is 1. The van der Waals surface area contributed by atoms with Crippen LogP contribution < -0.4 is 10.5 Å². The molecule has 0 fully saturated rings. The molecule has 0 saturated heterocycles. The molecular formula is C16H14ClN5O3S. The monoisotopic (exact) mass is 391 g/mol. The predicted molar refractivity (Wildman–Crippen MR) is 96.9 cm³/mol. The summed E-state index contributed by atoms with van der Waals surface area (Å²) in [7, 11) is -3.89. The van der Waals surface area contributed by atoms with Crippen LogP contribution in [0.2, 0.25) is 5.02 Å². The molecule has 2 aromatic carbocycles. The van der Waals surface area contributed by atoms with Gasteiger partial charge in [0.25, 0.3) is 5.91 Å². The van der Waals surface area contributed by atoms with Gasteiger partial charge in [0.05, 0.1) is 21.8 Å². The van der Waals surface area contributed by atoms with Crippen LogP contribution in [0.4, 0.5) is 5.69 Å². The van der Waals surface area contributed by atoms with Crippen LogP contribution in [0.15, 0.2) is 53.6 Å². The third-order valence-corrected chi connectivity index (χ3v) is 4.95. The van der Waals surface area contributed by atoms with Crippen LogP contribution in [0.5, 0.6) is 0 Å². The summed E-state index contributed by atoms with van der Waals surface area (Å²) in [4.78, 5) is 12.3. The summed E-state index contributed by atoms with van der Waals surface area (Å²) in [5, 5.41) is 15.9. The lowest BCUT2D eigenvalue weighted by molar-refractivity contribution is 0.102. The minimum Gasteiger partial charge on any atom is -0.321 e. The number of aromatic nitrogens is 3. The second-order valence-electron chi connectivity index (χ2n) is 5.48. The van der Waals surface area contributed by atoms with Gasteiger partial charge in [0.1, 0.15) is 0 Å². The maximum absolute atomic E-state index is 12.3. The minimum absolute atomic E-state index is 0.0441. The first-order valence-corrected chi connectivity index (χ1v) is 9.30. The molecule has 3 aromatic rings. The molecule has 0 saturated carbocycles. The zero-order chi connectivity index (χ0) is 18.9. The number of primary sulfonamides is 1. The van der Waals surface area contributed by atoms with Crippen molar-refractivity contribution in [2.75, 3.05) is 5.32 Å². The van der Waals surface area contributed by atoms with Gasteiger partial charge in [-0.15, -0.1) is 5.10 Å². The Hall–Kier alpha value is -2.75. The molecule has 134 valence electrons. The summed E-state index contributed by atoms with van der Waals surface area (Å²) in [6.45, 7) is 1.61. The second-order valence-corrected chi connectivity index (χ2v) is 7.42. The van der Waals surface area contributed by atoms with E-state index in [1.165, 1.54) is 16.9 Å². The van der Waals surface area contributed by atoms with Crippen molar-refractivity contribution in [3.8, 4) is 5.69 Å². The van der Waals surface area contributed by atoms with E-state index in [-0.39, 0.29) is 16.3 Å². The van der Waals surface area contributed by atoms with Gasteiger partial charge >= 0.3 is 0 Å². The number of para-hydroxylation sites is 1. The van der Waals surface area contributed by atoms with E-state index in [0.717, 1.165) is 0 Å². The van der Waals surface area contributed by atoms with Crippen LogP contribution in [-0.2, 0) is 10.0 Å². The first-order chi connectivity index (χ1) is 12.3. The standard InChI is InChI=1S/C16H14ClN5O3S/c1-10-6-7-11(8-15(10)26(18,24)25)19-16(23)13-9-22(21-20-13)14-5-3-2-4-12(14)17/h2-9H,1H3,(H,19,23)(H2,18,24,25). The molecule has 1 heterocycles. The number of hydrogen-bond acceptors (Lipinski definition) is 5. The first kappa shape index (κ1) is 18.1. The molecule has 8 nitrogen and oxygen atoms in total. The first-order valence-electron chi connectivity index (χ1n) is 7.38. The maximum atomic E-state index is 12.3. The van der Waals surface area contributed by atoms with E-state index in [1.807, 2.05) is 0 Å². The highest BCUT2D eigenvalue weighted by molar-refractivity contribution is 7.89. The fourth-order valence-electron chi connectivity index (χ4n) is 2.30. The summed E-state index contributed by atoms with van der Waals surface area (Å²) in [5.74, 6) is -0.549. The van der Waals surface area contributed by atoms with E-state index >= 15 is 0 Å². The number of carbonyl (C=O) groups is 1. The van der Waals surface area contributed by atoms with Gasteiger partial charge in [-0.2, -0.15) is 0 Å². The van der Waals surface area contributed by atoms with E-state index in [1.54, 1.807) is 43.3 Å². The van der Waals surface area contributed by atoms with Crippen molar-refractivity contribution >= 4 is 33.2 Å². The summed E-state index contributed by atoms with van der Waals surface area (Å²) >= 11 is 6.09. The number of rotatable bonds is 4. The molecule has 10 heteroatoms. The molecule has 0 aliphatic rings. The molecule has 0 unspecified atom stereocenters. The van der Waals surface area contributed by atoms with Crippen LogP contribution >= 0.6 is 11.6 Å². The Bertz CT molecular complexity index is 1090. The highest BCUT2D eigenvalue weighted by Crippen LogP contribution is 2.21. The fourth-order valence-corrected chi connectivity index (χ4v) is 3.33. The van der Waals surface area contributed by atoms with E-state index < -0.39 is 15.9 Å². The van der Waals surface area contributed by atoms with E-state index in [4.69, 9.17) is 16.7 Å². The molecule has 0 aliphatic heterocycles. The normalized spacial score (nSPS) is 11.3. The van der Waals surface area contributed by atoms with Crippen LogP contribution in [0, 0.1) is 6.92 Å². The highest BCUT2D eigenvalue weighted by Gasteiger charge is 2.16. The molecule has 0 bridgehead atoms. The number of nitrogens with zero attached hydrogens (tertiary/aromatic N) is 3. The molecule has 1 amide bonds. The maximum Gasteiger partial charge on any atom is 0.277 e. The van der Waals surface area contributed by atoms with Crippen LogP contribution in [-0.4, -0.2) is 29.3 Å². The third-order valence-electron chi connectivity index (χ3n) is 3.58. The molecule has 0 atom stereocenters. The Morgan fingerprint density at radius 2 is 1.96 bits per heavy atom. The Labute approximate surface area is 154 Å². The number of benzene rings is 2. The molecule has 3 N–H and O–H groups in total. The van der Waals surface area contributed by atoms with E-state index in [9.17, 15) is 13.2 Å². The number of anilines is 1. The van der Waals surface area contributed by atoms with Gasteiger partial charge in [-0.05, 0) is 36.8 Å². The van der Waals surface area contributed by atoms with Crippen LogP contribution in [0.25, 0.3) is 5.69 Å². The average Bonchev–Trinajstić information content (AvgIpc) is 3.06. The SMILES string of the molecule is Cc1ccc(NC(=O)c2cn(-c3ccccc3Cl)nn2)cc1S(N)(=O)=O. The van der Waals surface area contributed by atoms with Crippen molar-refractivity contribution in [3.05, 3.63) is 64.9 Å². The van der Waals surface area contributed by atoms with Crippen molar-refractivity contribution in [1.29, 1.82) is 0 Å². The van der Waals surface area contributed by atoms with Gasteiger partial charge in [0.15, 0.2) is 5.69 Å². The van der Waals surface area contributed by atoms with Crippen LogP contribution in [0.3, 0.4) is 0 Å². The third kappa shape index (κ3) is 3.74. The fraction of sp³-hybridized carbons (Fsp3) is 0.0625. The van der Waals surface area contributed by atoms with E-state index in [2.05, 4.69) is 15.6 Å². The number of nitrogens with one attached hydrogen (secondary N) is 1. The quantitative estimate of drug-likeness (QED) is 0.705. The Morgan fingerprint density at radius 1 is 1.23 bits per heavy atom. The molecule has 0 aliphatic carbocycles. The van der Waals surface area contributed by atoms with Gasteiger partial charge in [-0.25, -0.2) is 18.2 Å². The Morgan fingerprint density at radius 3 is 2.65 bits per heavy atom. The molecule has 1 aromatic heterocycles. The lowest BCUT2D eigenvalue weighted by Crippen LogP contribution is -2.16. The number of halogens is 1. The van der Waals surface area contributed by atoms with Crippen molar-refractivity contribution < 1.29 is 13.2 Å². The van der Waals surface area contributed by atoms with Crippen LogP contribution in [0.1, 0.15) is 16.1 Å². The number of aryl methyl sites for hydroxylation is 1. The average molecular weight is 392 g/mol. The topological polar surface area (TPSA) is 120 Å². The summed E-state index contributed by atoms with van der Waals surface area (Å²) < 4.78 is 24.5. The summed E-state index contributed by atoms with van der Waals surface area (Å²) in [6, 6.07) is 11.4. The number of carbonyl (C=O) groups excluding carboxylic acids is 1. The van der Waals surface area contributed by atoms with Crippen molar-refractivity contribution in [2.24, 2.45) is 5.14 Å². The van der Waals surface area contributed by atoms with Crippen molar-refractivity contribution in [3.63, 3.8) is 0 Å². The van der Waals surface area contributed by atoms with Gasteiger partial charge in [-0.1, -0.05) is 35.0 Å². The van der Waals surface area contributed by atoms with Crippen molar-refractivity contribution in [2.45, 2.75) is 11.8 Å². The summed E-state index contributed by atoms with van der Waals surface area (Å²) in [5.41, 5.74) is 1.38.